The van der Waals surface area contributed by atoms with E-state index in [1.165, 1.54) is 18.2 Å². The highest BCUT2D eigenvalue weighted by Gasteiger charge is 2.35. The molecule has 18 heavy (non-hydrogen) atoms. The Balaban J connectivity index is 2.13. The number of rotatable bonds is 2. The zero-order valence-corrected chi connectivity index (χ0v) is 10.8. The number of nitrogens with two attached hydrogens (primary N) is 1. The summed E-state index contributed by atoms with van der Waals surface area (Å²) in [6, 6.07) is 4.02. The molecule has 1 atom stereocenters. The summed E-state index contributed by atoms with van der Waals surface area (Å²) in [7, 11) is 0. The topological polar surface area (TPSA) is 55.1 Å². The smallest absolute Gasteiger partial charge is 0.253 e. The van der Waals surface area contributed by atoms with E-state index in [0.717, 1.165) is 19.3 Å². The first-order chi connectivity index (χ1) is 8.40. The minimum absolute atomic E-state index is 0.116. The van der Waals surface area contributed by atoms with Gasteiger partial charge in [0, 0.05) is 11.7 Å². The summed E-state index contributed by atoms with van der Waals surface area (Å²) in [6.07, 6.45) is 3.22. The average Bonchev–Trinajstić information content (AvgIpc) is 2.58. The highest BCUT2D eigenvalue weighted by atomic mass is 19.1. The zero-order chi connectivity index (χ0) is 13.3. The summed E-state index contributed by atoms with van der Waals surface area (Å²) >= 11 is 0. The van der Waals surface area contributed by atoms with Crippen molar-refractivity contribution in [3.8, 4) is 0 Å². The van der Waals surface area contributed by atoms with Crippen molar-refractivity contribution in [2.24, 2.45) is 5.41 Å². The van der Waals surface area contributed by atoms with Crippen LogP contribution in [0, 0.1) is 11.2 Å². The first-order valence-corrected chi connectivity index (χ1v) is 6.26. The van der Waals surface area contributed by atoms with Crippen molar-refractivity contribution in [3.63, 3.8) is 0 Å². The molecule has 3 nitrogen and oxygen atoms in total. The molecule has 0 heterocycles. The Bertz CT molecular complexity index is 471. The Hall–Kier alpha value is -1.58. The second-order valence-corrected chi connectivity index (χ2v) is 5.64. The number of carbonyl (C=O) groups is 1. The number of nitrogen functional groups attached to an aromatic ring is 1. The molecule has 3 N–H and O–H groups in total. The van der Waals surface area contributed by atoms with Crippen LogP contribution in [0.4, 0.5) is 10.1 Å². The molecule has 1 aliphatic rings. The molecule has 0 radical (unpaired) electrons. The van der Waals surface area contributed by atoms with Gasteiger partial charge in [-0.2, -0.15) is 0 Å². The lowest BCUT2D eigenvalue weighted by Gasteiger charge is -2.28. The second-order valence-electron chi connectivity index (χ2n) is 5.64. The van der Waals surface area contributed by atoms with Crippen molar-refractivity contribution in [1.82, 2.24) is 5.32 Å². The maximum Gasteiger partial charge on any atom is 0.253 e. The van der Waals surface area contributed by atoms with Gasteiger partial charge in [0.15, 0.2) is 0 Å². The molecule has 0 aromatic heterocycles. The number of hydrogen-bond donors (Lipinski definition) is 2. The molecular weight excluding hydrogens is 231 g/mol. The van der Waals surface area contributed by atoms with Gasteiger partial charge in [0.25, 0.3) is 5.91 Å². The fraction of sp³-hybridized carbons (Fsp3) is 0.500. The molecule has 0 aliphatic heterocycles. The third-order valence-electron chi connectivity index (χ3n) is 3.82. The summed E-state index contributed by atoms with van der Waals surface area (Å²) in [5.41, 5.74) is 6.31. The van der Waals surface area contributed by atoms with Crippen molar-refractivity contribution in [2.75, 3.05) is 5.73 Å². The fourth-order valence-corrected chi connectivity index (χ4v) is 2.57. The first kappa shape index (κ1) is 12.9. The molecule has 0 bridgehead atoms. The molecule has 1 fully saturated rings. The Morgan fingerprint density at radius 2 is 2.22 bits per heavy atom. The van der Waals surface area contributed by atoms with Crippen LogP contribution in [0.1, 0.15) is 43.5 Å². The lowest BCUT2D eigenvalue weighted by atomic mass is 9.87. The van der Waals surface area contributed by atoms with E-state index < -0.39 is 5.82 Å². The standard InChI is InChI=1S/C14H19FN2O/c1-14(2)7-3-4-12(14)17-13(18)10-6-5-9(15)8-11(10)16/h5-6,8,12H,3-4,7,16H2,1-2H3,(H,17,18). The summed E-state index contributed by atoms with van der Waals surface area (Å²) in [6.45, 7) is 4.30. The first-order valence-electron chi connectivity index (χ1n) is 6.26. The number of benzene rings is 1. The molecule has 2 rings (SSSR count). The quantitative estimate of drug-likeness (QED) is 0.793. The third kappa shape index (κ3) is 2.47. The summed E-state index contributed by atoms with van der Waals surface area (Å²) in [5.74, 6) is -0.641. The van der Waals surface area contributed by atoms with Crippen molar-refractivity contribution in [1.29, 1.82) is 0 Å². The fourth-order valence-electron chi connectivity index (χ4n) is 2.57. The number of carbonyl (C=O) groups excluding carboxylic acids is 1. The van der Waals surface area contributed by atoms with E-state index in [1.807, 2.05) is 0 Å². The third-order valence-corrected chi connectivity index (χ3v) is 3.82. The van der Waals surface area contributed by atoms with Crippen LogP contribution in [0.3, 0.4) is 0 Å². The second kappa shape index (κ2) is 4.59. The van der Waals surface area contributed by atoms with Gasteiger partial charge in [-0.1, -0.05) is 20.3 Å². The van der Waals surface area contributed by atoms with E-state index in [1.54, 1.807) is 0 Å². The predicted molar refractivity (Wildman–Crippen MR) is 69.7 cm³/mol. The summed E-state index contributed by atoms with van der Waals surface area (Å²) in [5, 5.41) is 3.00. The van der Waals surface area contributed by atoms with Crippen LogP contribution in [0.25, 0.3) is 0 Å². The van der Waals surface area contributed by atoms with Gasteiger partial charge in [-0.25, -0.2) is 4.39 Å². The van der Waals surface area contributed by atoms with Gasteiger partial charge in [-0.05, 0) is 36.5 Å². The van der Waals surface area contributed by atoms with E-state index in [9.17, 15) is 9.18 Å². The van der Waals surface area contributed by atoms with E-state index in [-0.39, 0.29) is 23.1 Å². The van der Waals surface area contributed by atoms with Gasteiger partial charge >= 0.3 is 0 Å². The van der Waals surface area contributed by atoms with Gasteiger partial charge in [0.2, 0.25) is 0 Å². The minimum Gasteiger partial charge on any atom is -0.398 e. The molecule has 4 heteroatoms. The normalized spacial score (nSPS) is 21.8. The van der Waals surface area contributed by atoms with E-state index in [4.69, 9.17) is 5.73 Å². The lowest BCUT2D eigenvalue weighted by Crippen LogP contribution is -2.41. The number of hydrogen-bond acceptors (Lipinski definition) is 2. The maximum absolute atomic E-state index is 12.9. The van der Waals surface area contributed by atoms with Crippen LogP contribution in [0.5, 0.6) is 0 Å². The van der Waals surface area contributed by atoms with Crippen LogP contribution in [0.15, 0.2) is 18.2 Å². The van der Waals surface area contributed by atoms with Gasteiger partial charge in [0.1, 0.15) is 5.82 Å². The number of nitrogens with one attached hydrogen (secondary N) is 1. The van der Waals surface area contributed by atoms with Crippen molar-refractivity contribution in [2.45, 2.75) is 39.2 Å². The number of halogens is 1. The van der Waals surface area contributed by atoms with Crippen molar-refractivity contribution < 1.29 is 9.18 Å². The molecule has 1 aliphatic carbocycles. The minimum atomic E-state index is -0.426. The highest BCUT2D eigenvalue weighted by molar-refractivity contribution is 5.99. The number of amides is 1. The van der Waals surface area contributed by atoms with Crippen LogP contribution < -0.4 is 11.1 Å². The molecule has 0 spiro atoms. The maximum atomic E-state index is 12.9. The van der Waals surface area contributed by atoms with Crippen LogP contribution in [0.2, 0.25) is 0 Å². The number of anilines is 1. The van der Waals surface area contributed by atoms with Gasteiger partial charge in [-0.15, -0.1) is 0 Å². The monoisotopic (exact) mass is 250 g/mol. The SMILES string of the molecule is CC1(C)CCCC1NC(=O)c1ccc(F)cc1N. The zero-order valence-electron chi connectivity index (χ0n) is 10.8. The Kier molecular flexibility index (Phi) is 3.28. The van der Waals surface area contributed by atoms with Gasteiger partial charge in [0.05, 0.1) is 5.56 Å². The molecule has 1 amide bonds. The molecule has 1 aromatic rings. The highest BCUT2D eigenvalue weighted by Crippen LogP contribution is 2.37. The molecular formula is C14H19FN2O. The summed E-state index contributed by atoms with van der Waals surface area (Å²) < 4.78 is 12.9. The van der Waals surface area contributed by atoms with Crippen molar-refractivity contribution >= 4 is 11.6 Å². The molecule has 1 aromatic carbocycles. The molecule has 98 valence electrons. The summed E-state index contributed by atoms with van der Waals surface area (Å²) in [4.78, 5) is 12.1. The molecule has 0 saturated heterocycles. The predicted octanol–water partition coefficient (Wildman–Crippen LogP) is 2.72. The van der Waals surface area contributed by atoms with E-state index >= 15 is 0 Å². The van der Waals surface area contributed by atoms with Gasteiger partial charge < -0.3 is 11.1 Å². The van der Waals surface area contributed by atoms with E-state index in [0.29, 0.717) is 5.56 Å². The Morgan fingerprint density at radius 3 is 2.78 bits per heavy atom. The Morgan fingerprint density at radius 1 is 1.50 bits per heavy atom. The molecule has 1 unspecified atom stereocenters. The van der Waals surface area contributed by atoms with Crippen LogP contribution >= 0.6 is 0 Å². The Labute approximate surface area is 107 Å². The molecule has 1 saturated carbocycles. The van der Waals surface area contributed by atoms with Crippen molar-refractivity contribution in [3.05, 3.63) is 29.6 Å². The van der Waals surface area contributed by atoms with E-state index in [2.05, 4.69) is 19.2 Å². The lowest BCUT2D eigenvalue weighted by molar-refractivity contribution is 0.0911. The van der Waals surface area contributed by atoms with Crippen LogP contribution in [-0.2, 0) is 0 Å². The van der Waals surface area contributed by atoms with Gasteiger partial charge in [-0.3, -0.25) is 4.79 Å². The average molecular weight is 250 g/mol. The largest absolute Gasteiger partial charge is 0.398 e. The van der Waals surface area contributed by atoms with Crippen LogP contribution in [-0.4, -0.2) is 11.9 Å².